The summed E-state index contributed by atoms with van der Waals surface area (Å²) in [6.45, 7) is 3.03. The molecule has 0 spiro atoms. The minimum Gasteiger partial charge on any atom is -0.497 e. The first kappa shape index (κ1) is 13.5. The molecule has 1 aliphatic rings. The number of carbonyl (C=O) groups is 1. The largest absolute Gasteiger partial charge is 0.497 e. The number of nitrogens with one attached hydrogen (secondary N) is 1. The van der Waals surface area contributed by atoms with Gasteiger partial charge in [0.05, 0.1) is 19.3 Å². The quantitative estimate of drug-likeness (QED) is 0.921. The van der Waals surface area contributed by atoms with E-state index in [-0.39, 0.29) is 6.03 Å². The van der Waals surface area contributed by atoms with Gasteiger partial charge in [-0.05, 0) is 25.5 Å². The predicted octanol–water partition coefficient (Wildman–Crippen LogP) is 2.58. The first-order chi connectivity index (χ1) is 10.2. The number of methoxy groups -OCH3 is 1. The third-order valence-corrected chi connectivity index (χ3v) is 3.64. The van der Waals surface area contributed by atoms with Gasteiger partial charge in [-0.2, -0.15) is 0 Å². The van der Waals surface area contributed by atoms with Crippen LogP contribution in [0.25, 0.3) is 0 Å². The number of urea groups is 1. The van der Waals surface area contributed by atoms with Gasteiger partial charge >= 0.3 is 6.03 Å². The summed E-state index contributed by atoms with van der Waals surface area (Å²) >= 11 is 0. The minimum absolute atomic E-state index is 0.150. The van der Waals surface area contributed by atoms with Crippen molar-refractivity contribution in [3.05, 3.63) is 41.3 Å². The van der Waals surface area contributed by atoms with E-state index in [2.05, 4.69) is 10.5 Å². The van der Waals surface area contributed by atoms with Gasteiger partial charge in [0.1, 0.15) is 5.75 Å². The van der Waals surface area contributed by atoms with Crippen LogP contribution >= 0.6 is 0 Å². The molecule has 0 saturated carbocycles. The zero-order chi connectivity index (χ0) is 14.8. The fourth-order valence-electron chi connectivity index (χ4n) is 2.46. The Bertz CT molecular complexity index is 666. The third kappa shape index (κ3) is 2.69. The van der Waals surface area contributed by atoms with Gasteiger partial charge in [-0.1, -0.05) is 11.2 Å². The van der Waals surface area contributed by atoms with Gasteiger partial charge in [0, 0.05) is 23.9 Å². The van der Waals surface area contributed by atoms with Crippen molar-refractivity contribution in [3.8, 4) is 5.75 Å². The standard InChI is InChI=1S/C15H17N3O3/c1-10-13-6-7-18(9-14(13)21-17-10)15(19)16-11-4-3-5-12(8-11)20-2/h3-5,8H,6-7,9H2,1-2H3,(H,16,19). The van der Waals surface area contributed by atoms with Gasteiger partial charge in [-0.3, -0.25) is 0 Å². The molecule has 6 nitrogen and oxygen atoms in total. The fraction of sp³-hybridized carbons (Fsp3) is 0.333. The summed E-state index contributed by atoms with van der Waals surface area (Å²) in [7, 11) is 1.60. The molecule has 0 bridgehead atoms. The molecule has 0 unspecified atom stereocenters. The van der Waals surface area contributed by atoms with Gasteiger partial charge in [-0.25, -0.2) is 4.79 Å². The number of ether oxygens (including phenoxy) is 1. The SMILES string of the molecule is COc1cccc(NC(=O)N2CCc3c(C)noc3C2)c1. The fourth-order valence-corrected chi connectivity index (χ4v) is 2.46. The van der Waals surface area contributed by atoms with Crippen LogP contribution in [0.3, 0.4) is 0 Å². The summed E-state index contributed by atoms with van der Waals surface area (Å²) in [4.78, 5) is 14.0. The maximum atomic E-state index is 12.3. The van der Waals surface area contributed by atoms with Crippen molar-refractivity contribution >= 4 is 11.7 Å². The Balaban J connectivity index is 1.69. The highest BCUT2D eigenvalue weighted by Gasteiger charge is 2.25. The number of anilines is 1. The molecule has 2 heterocycles. The topological polar surface area (TPSA) is 67.6 Å². The van der Waals surface area contributed by atoms with E-state index in [1.807, 2.05) is 25.1 Å². The number of aryl methyl sites for hydroxylation is 1. The van der Waals surface area contributed by atoms with Crippen molar-refractivity contribution in [2.45, 2.75) is 19.9 Å². The van der Waals surface area contributed by atoms with Gasteiger partial charge < -0.3 is 19.5 Å². The Labute approximate surface area is 122 Å². The lowest BCUT2D eigenvalue weighted by molar-refractivity contribution is 0.196. The molecular weight excluding hydrogens is 270 g/mol. The average Bonchev–Trinajstić information content (AvgIpc) is 2.88. The smallest absolute Gasteiger partial charge is 0.322 e. The van der Waals surface area contributed by atoms with Gasteiger partial charge in [-0.15, -0.1) is 0 Å². The molecule has 0 radical (unpaired) electrons. The van der Waals surface area contributed by atoms with Crippen LogP contribution < -0.4 is 10.1 Å². The molecule has 21 heavy (non-hydrogen) atoms. The Morgan fingerprint density at radius 3 is 3.14 bits per heavy atom. The highest BCUT2D eigenvalue weighted by Crippen LogP contribution is 2.23. The molecule has 0 aliphatic carbocycles. The zero-order valence-corrected chi connectivity index (χ0v) is 12.0. The number of hydrogen-bond acceptors (Lipinski definition) is 4. The molecule has 110 valence electrons. The van der Waals surface area contributed by atoms with Crippen molar-refractivity contribution in [1.82, 2.24) is 10.1 Å². The summed E-state index contributed by atoms with van der Waals surface area (Å²) in [5.74, 6) is 1.49. The van der Waals surface area contributed by atoms with Crippen molar-refractivity contribution in [1.29, 1.82) is 0 Å². The van der Waals surface area contributed by atoms with Crippen molar-refractivity contribution in [2.75, 3.05) is 19.0 Å². The van der Waals surface area contributed by atoms with Crippen LogP contribution in [0, 0.1) is 6.92 Å². The van der Waals surface area contributed by atoms with Gasteiger partial charge in [0.15, 0.2) is 5.76 Å². The normalized spacial score (nSPS) is 13.7. The van der Waals surface area contributed by atoms with Crippen LogP contribution in [0.4, 0.5) is 10.5 Å². The molecule has 0 saturated heterocycles. The summed E-state index contributed by atoms with van der Waals surface area (Å²) in [6.07, 6.45) is 0.774. The highest BCUT2D eigenvalue weighted by molar-refractivity contribution is 5.89. The van der Waals surface area contributed by atoms with E-state index >= 15 is 0 Å². The Morgan fingerprint density at radius 2 is 2.33 bits per heavy atom. The monoisotopic (exact) mass is 287 g/mol. The lowest BCUT2D eigenvalue weighted by Gasteiger charge is -2.25. The lowest BCUT2D eigenvalue weighted by Crippen LogP contribution is -2.38. The van der Waals surface area contributed by atoms with E-state index in [1.54, 1.807) is 18.1 Å². The molecule has 2 aromatic rings. The second-order valence-corrected chi connectivity index (χ2v) is 5.00. The number of carbonyl (C=O) groups excluding carboxylic acids is 1. The summed E-state index contributed by atoms with van der Waals surface area (Å²) in [5, 5.41) is 6.82. The molecule has 2 amide bonds. The average molecular weight is 287 g/mol. The number of amides is 2. The van der Waals surface area contributed by atoms with Crippen molar-refractivity contribution < 1.29 is 14.1 Å². The van der Waals surface area contributed by atoms with Crippen LogP contribution in [0.2, 0.25) is 0 Å². The maximum Gasteiger partial charge on any atom is 0.322 e. The Kier molecular flexibility index (Phi) is 3.51. The molecule has 1 aromatic heterocycles. The van der Waals surface area contributed by atoms with E-state index in [0.717, 1.165) is 23.4 Å². The predicted molar refractivity (Wildman–Crippen MR) is 77.4 cm³/mol. The van der Waals surface area contributed by atoms with Crippen LogP contribution in [0.5, 0.6) is 5.75 Å². The number of hydrogen-bond donors (Lipinski definition) is 1. The molecule has 1 aliphatic heterocycles. The first-order valence-corrected chi connectivity index (χ1v) is 6.81. The summed E-state index contributed by atoms with van der Waals surface area (Å²) in [5.41, 5.74) is 2.75. The first-order valence-electron chi connectivity index (χ1n) is 6.81. The minimum atomic E-state index is -0.150. The number of rotatable bonds is 2. The molecule has 6 heteroatoms. The van der Waals surface area contributed by atoms with Crippen molar-refractivity contribution in [2.24, 2.45) is 0 Å². The van der Waals surface area contributed by atoms with E-state index < -0.39 is 0 Å². The van der Waals surface area contributed by atoms with E-state index in [1.165, 1.54) is 0 Å². The Morgan fingerprint density at radius 1 is 1.48 bits per heavy atom. The zero-order valence-electron chi connectivity index (χ0n) is 12.0. The van der Waals surface area contributed by atoms with Crippen molar-refractivity contribution in [3.63, 3.8) is 0 Å². The van der Waals surface area contributed by atoms with E-state index in [4.69, 9.17) is 9.26 Å². The maximum absolute atomic E-state index is 12.3. The summed E-state index contributed by atoms with van der Waals surface area (Å²) in [6, 6.07) is 7.13. The molecular formula is C15H17N3O3. The highest BCUT2D eigenvalue weighted by atomic mass is 16.5. The van der Waals surface area contributed by atoms with E-state index in [9.17, 15) is 4.79 Å². The molecule has 0 fully saturated rings. The van der Waals surface area contributed by atoms with E-state index in [0.29, 0.717) is 24.5 Å². The number of nitrogens with zero attached hydrogens (tertiary/aromatic N) is 2. The number of benzene rings is 1. The second-order valence-electron chi connectivity index (χ2n) is 5.00. The van der Waals surface area contributed by atoms with Gasteiger partial charge in [0.25, 0.3) is 0 Å². The third-order valence-electron chi connectivity index (χ3n) is 3.64. The lowest BCUT2D eigenvalue weighted by atomic mass is 10.1. The summed E-state index contributed by atoms with van der Waals surface area (Å²) < 4.78 is 10.4. The molecule has 0 atom stereocenters. The molecule has 1 aromatic carbocycles. The molecule has 1 N–H and O–H groups in total. The number of aromatic nitrogens is 1. The molecule has 3 rings (SSSR count). The van der Waals surface area contributed by atoms with Gasteiger partial charge in [0.2, 0.25) is 0 Å². The number of fused-ring (bicyclic) bond motifs is 1. The van der Waals surface area contributed by atoms with Crippen LogP contribution in [0.15, 0.2) is 28.8 Å². The van der Waals surface area contributed by atoms with Crippen LogP contribution in [-0.2, 0) is 13.0 Å². The Hall–Kier alpha value is -2.50. The second kappa shape index (κ2) is 5.47. The van der Waals surface area contributed by atoms with Crippen LogP contribution in [0.1, 0.15) is 17.0 Å². The van der Waals surface area contributed by atoms with Crippen LogP contribution in [-0.4, -0.2) is 29.7 Å².